The molecule has 0 bridgehead atoms. The highest BCUT2D eigenvalue weighted by Crippen LogP contribution is 2.36. The molecular weight excluding hydrogens is 212 g/mol. The lowest BCUT2D eigenvalue weighted by molar-refractivity contribution is -0.147. The van der Waals surface area contributed by atoms with Crippen LogP contribution in [0.1, 0.15) is 29.8 Å². The SMILES string of the molecule is CC(=O)OC1CCc2ccccc2[C@H]1Cl. The molecule has 0 spiro atoms. The standard InChI is InChI=1S/C12H13ClO2/c1-8(14)15-11-7-6-9-4-2-3-5-10(9)12(11)13/h2-5,11-12H,6-7H2,1H3/t11?,12-/m1/s1. The second-order valence-electron chi connectivity index (χ2n) is 3.79. The molecule has 3 heteroatoms. The molecule has 1 aromatic rings. The van der Waals surface area contributed by atoms with Crippen molar-refractivity contribution >= 4 is 17.6 Å². The second-order valence-corrected chi connectivity index (χ2v) is 4.26. The predicted octanol–water partition coefficient (Wildman–Crippen LogP) is 2.84. The predicted molar refractivity (Wildman–Crippen MR) is 58.9 cm³/mol. The van der Waals surface area contributed by atoms with E-state index in [1.165, 1.54) is 12.5 Å². The van der Waals surface area contributed by atoms with Crippen LogP contribution in [-0.2, 0) is 16.0 Å². The first kappa shape index (κ1) is 10.5. The minimum absolute atomic E-state index is 0.181. The van der Waals surface area contributed by atoms with Crippen molar-refractivity contribution in [3.63, 3.8) is 0 Å². The fourth-order valence-electron chi connectivity index (χ4n) is 2.01. The average Bonchev–Trinajstić information content (AvgIpc) is 2.22. The Bertz CT molecular complexity index is 376. The van der Waals surface area contributed by atoms with E-state index in [0.717, 1.165) is 18.4 Å². The Labute approximate surface area is 94.2 Å². The van der Waals surface area contributed by atoms with E-state index in [4.69, 9.17) is 16.3 Å². The number of esters is 1. The Morgan fingerprint density at radius 1 is 1.47 bits per heavy atom. The number of alkyl halides is 1. The number of rotatable bonds is 1. The zero-order valence-electron chi connectivity index (χ0n) is 8.57. The van der Waals surface area contributed by atoms with Gasteiger partial charge in [-0.3, -0.25) is 4.79 Å². The molecule has 80 valence electrons. The van der Waals surface area contributed by atoms with Gasteiger partial charge < -0.3 is 4.74 Å². The molecule has 2 nitrogen and oxygen atoms in total. The fourth-order valence-corrected chi connectivity index (χ4v) is 2.40. The molecule has 0 aliphatic heterocycles. The highest BCUT2D eigenvalue weighted by molar-refractivity contribution is 6.21. The zero-order chi connectivity index (χ0) is 10.8. The van der Waals surface area contributed by atoms with Crippen molar-refractivity contribution in [3.8, 4) is 0 Å². The maximum absolute atomic E-state index is 10.9. The topological polar surface area (TPSA) is 26.3 Å². The summed E-state index contributed by atoms with van der Waals surface area (Å²) in [4.78, 5) is 10.9. The third-order valence-corrected chi connectivity index (χ3v) is 3.21. The lowest BCUT2D eigenvalue weighted by atomic mass is 9.89. The first-order valence-electron chi connectivity index (χ1n) is 5.07. The molecule has 0 fully saturated rings. The number of hydrogen-bond donors (Lipinski definition) is 0. The Balaban J connectivity index is 2.22. The average molecular weight is 225 g/mol. The highest BCUT2D eigenvalue weighted by Gasteiger charge is 2.29. The summed E-state index contributed by atoms with van der Waals surface area (Å²) in [5.74, 6) is -0.259. The van der Waals surface area contributed by atoms with Gasteiger partial charge in [0.05, 0.1) is 5.38 Å². The van der Waals surface area contributed by atoms with Crippen LogP contribution >= 0.6 is 11.6 Å². The smallest absolute Gasteiger partial charge is 0.302 e. The van der Waals surface area contributed by atoms with Gasteiger partial charge in [-0.25, -0.2) is 0 Å². The Morgan fingerprint density at radius 3 is 2.93 bits per heavy atom. The first-order valence-corrected chi connectivity index (χ1v) is 5.51. The largest absolute Gasteiger partial charge is 0.461 e. The number of fused-ring (bicyclic) bond motifs is 1. The molecule has 1 aliphatic carbocycles. The molecule has 0 saturated heterocycles. The normalized spacial score (nSPS) is 24.4. The molecule has 1 aliphatic rings. The van der Waals surface area contributed by atoms with Gasteiger partial charge in [0.15, 0.2) is 0 Å². The number of benzene rings is 1. The van der Waals surface area contributed by atoms with Crippen LogP contribution in [-0.4, -0.2) is 12.1 Å². The van der Waals surface area contributed by atoms with E-state index in [2.05, 4.69) is 6.07 Å². The van der Waals surface area contributed by atoms with E-state index in [0.29, 0.717) is 0 Å². The maximum atomic E-state index is 10.9. The quantitative estimate of drug-likeness (QED) is 0.542. The van der Waals surface area contributed by atoms with E-state index >= 15 is 0 Å². The fraction of sp³-hybridized carbons (Fsp3) is 0.417. The first-order chi connectivity index (χ1) is 7.18. The lowest BCUT2D eigenvalue weighted by Gasteiger charge is -2.28. The molecule has 0 aromatic heterocycles. The molecular formula is C12H13ClO2. The molecule has 2 rings (SSSR count). The molecule has 15 heavy (non-hydrogen) atoms. The van der Waals surface area contributed by atoms with Gasteiger partial charge in [-0.2, -0.15) is 0 Å². The molecule has 0 amide bonds. The van der Waals surface area contributed by atoms with Crippen molar-refractivity contribution in [1.29, 1.82) is 0 Å². The van der Waals surface area contributed by atoms with Gasteiger partial charge in [0.2, 0.25) is 0 Å². The van der Waals surface area contributed by atoms with Crippen LogP contribution in [0.25, 0.3) is 0 Å². The van der Waals surface area contributed by atoms with Gasteiger partial charge >= 0.3 is 5.97 Å². The number of aryl methyl sites for hydroxylation is 1. The summed E-state index contributed by atoms with van der Waals surface area (Å²) in [5.41, 5.74) is 2.36. The highest BCUT2D eigenvalue weighted by atomic mass is 35.5. The van der Waals surface area contributed by atoms with Gasteiger partial charge in [-0.15, -0.1) is 11.6 Å². The summed E-state index contributed by atoms with van der Waals surface area (Å²) < 4.78 is 5.19. The van der Waals surface area contributed by atoms with Crippen LogP contribution in [0.3, 0.4) is 0 Å². The van der Waals surface area contributed by atoms with Gasteiger partial charge in [-0.1, -0.05) is 24.3 Å². The minimum Gasteiger partial charge on any atom is -0.461 e. The van der Waals surface area contributed by atoms with Crippen LogP contribution in [0, 0.1) is 0 Å². The number of hydrogen-bond acceptors (Lipinski definition) is 2. The molecule has 0 radical (unpaired) electrons. The van der Waals surface area contributed by atoms with Crippen LogP contribution < -0.4 is 0 Å². The Morgan fingerprint density at radius 2 is 2.20 bits per heavy atom. The number of halogens is 1. The van der Waals surface area contributed by atoms with Crippen LogP contribution in [0.15, 0.2) is 24.3 Å². The second kappa shape index (κ2) is 4.23. The summed E-state index contributed by atoms with van der Waals surface area (Å²) in [6.07, 6.45) is 1.56. The summed E-state index contributed by atoms with van der Waals surface area (Å²) >= 11 is 6.28. The third kappa shape index (κ3) is 2.15. The van der Waals surface area contributed by atoms with E-state index in [1.807, 2.05) is 18.2 Å². The summed E-state index contributed by atoms with van der Waals surface area (Å²) in [5, 5.41) is -0.209. The Hall–Kier alpha value is -1.02. The van der Waals surface area contributed by atoms with E-state index in [9.17, 15) is 4.79 Å². The van der Waals surface area contributed by atoms with Crippen molar-refractivity contribution in [2.45, 2.75) is 31.2 Å². The third-order valence-electron chi connectivity index (χ3n) is 2.69. The zero-order valence-corrected chi connectivity index (χ0v) is 9.33. The van der Waals surface area contributed by atoms with E-state index < -0.39 is 0 Å². The monoisotopic (exact) mass is 224 g/mol. The molecule has 1 unspecified atom stereocenters. The maximum Gasteiger partial charge on any atom is 0.302 e. The summed E-state index contributed by atoms with van der Waals surface area (Å²) in [6, 6.07) is 8.05. The van der Waals surface area contributed by atoms with Crippen LogP contribution in [0.4, 0.5) is 0 Å². The lowest BCUT2D eigenvalue weighted by Crippen LogP contribution is -2.26. The minimum atomic E-state index is -0.259. The van der Waals surface area contributed by atoms with Gasteiger partial charge in [0, 0.05) is 6.92 Å². The molecule has 1 aromatic carbocycles. The van der Waals surface area contributed by atoms with E-state index in [-0.39, 0.29) is 17.5 Å². The van der Waals surface area contributed by atoms with Crippen LogP contribution in [0.2, 0.25) is 0 Å². The van der Waals surface area contributed by atoms with Crippen molar-refractivity contribution in [2.24, 2.45) is 0 Å². The van der Waals surface area contributed by atoms with E-state index in [1.54, 1.807) is 0 Å². The molecule has 0 heterocycles. The van der Waals surface area contributed by atoms with Crippen molar-refractivity contribution in [1.82, 2.24) is 0 Å². The van der Waals surface area contributed by atoms with Crippen molar-refractivity contribution in [3.05, 3.63) is 35.4 Å². The van der Waals surface area contributed by atoms with Gasteiger partial charge in [0.25, 0.3) is 0 Å². The van der Waals surface area contributed by atoms with Crippen molar-refractivity contribution in [2.75, 3.05) is 0 Å². The summed E-state index contributed by atoms with van der Waals surface area (Å²) in [7, 11) is 0. The van der Waals surface area contributed by atoms with Gasteiger partial charge in [0.1, 0.15) is 6.10 Å². The molecule has 0 N–H and O–H groups in total. The number of ether oxygens (including phenoxy) is 1. The number of carbonyl (C=O) groups excluding carboxylic acids is 1. The summed E-state index contributed by atoms with van der Waals surface area (Å²) in [6.45, 7) is 1.42. The Kier molecular flexibility index (Phi) is 2.96. The van der Waals surface area contributed by atoms with Gasteiger partial charge in [-0.05, 0) is 24.0 Å². The molecule has 2 atom stereocenters. The van der Waals surface area contributed by atoms with Crippen LogP contribution in [0.5, 0.6) is 0 Å². The number of carbonyl (C=O) groups is 1. The molecule has 0 saturated carbocycles. The van der Waals surface area contributed by atoms with Crippen molar-refractivity contribution < 1.29 is 9.53 Å².